The molecule has 1 aromatic heterocycles. The number of rotatable bonds is 9. The van der Waals surface area contributed by atoms with Crippen LogP contribution in [0.4, 0.5) is 0 Å². The van der Waals surface area contributed by atoms with Crippen molar-refractivity contribution in [1.82, 2.24) is 19.7 Å². The van der Waals surface area contributed by atoms with Crippen molar-refractivity contribution in [2.45, 2.75) is 20.0 Å². The van der Waals surface area contributed by atoms with Crippen molar-refractivity contribution >= 4 is 28.0 Å². The molecular weight excluding hydrogens is 480 g/mol. The maximum atomic E-state index is 12.6. The van der Waals surface area contributed by atoms with Gasteiger partial charge in [0.25, 0.3) is 5.91 Å². The van der Waals surface area contributed by atoms with Gasteiger partial charge in [0, 0.05) is 51.2 Å². The highest BCUT2D eigenvalue weighted by Crippen LogP contribution is 2.21. The molecule has 1 amide bonds. The van der Waals surface area contributed by atoms with Crippen LogP contribution in [0.25, 0.3) is 10.8 Å². The summed E-state index contributed by atoms with van der Waals surface area (Å²) in [5.41, 5.74) is 3.16. The molecule has 4 aromatic rings. The van der Waals surface area contributed by atoms with Gasteiger partial charge in [-0.3, -0.25) is 14.6 Å². The van der Waals surface area contributed by atoms with Crippen molar-refractivity contribution < 1.29 is 9.53 Å². The molecule has 0 spiro atoms. The van der Waals surface area contributed by atoms with Gasteiger partial charge >= 0.3 is 0 Å². The van der Waals surface area contributed by atoms with Crippen LogP contribution in [0.3, 0.4) is 0 Å². The monoisotopic (exact) mass is 514 g/mol. The van der Waals surface area contributed by atoms with Crippen LogP contribution in [-0.4, -0.2) is 72.0 Å². The van der Waals surface area contributed by atoms with Gasteiger partial charge in [-0.1, -0.05) is 54.6 Å². The third-order valence-corrected chi connectivity index (χ3v) is 7.62. The van der Waals surface area contributed by atoms with Crippen molar-refractivity contribution in [2.24, 2.45) is 0 Å². The maximum Gasteiger partial charge on any atom is 0.273 e. The topological polar surface area (TPSA) is 48.9 Å². The fourth-order valence-corrected chi connectivity index (χ4v) is 5.50. The minimum absolute atomic E-state index is 0.0440. The highest BCUT2D eigenvalue weighted by molar-refractivity contribution is 7.09. The van der Waals surface area contributed by atoms with Gasteiger partial charge in [0.1, 0.15) is 18.1 Å². The van der Waals surface area contributed by atoms with E-state index >= 15 is 0 Å². The molecule has 0 N–H and O–H groups in total. The number of carbonyl (C=O) groups is 1. The van der Waals surface area contributed by atoms with Crippen LogP contribution in [0.1, 0.15) is 26.6 Å². The molecule has 0 unspecified atom stereocenters. The molecule has 3 aromatic carbocycles. The van der Waals surface area contributed by atoms with E-state index in [-0.39, 0.29) is 5.91 Å². The summed E-state index contributed by atoms with van der Waals surface area (Å²) in [6.45, 7) is 8.34. The number of piperazine rings is 1. The van der Waals surface area contributed by atoms with E-state index < -0.39 is 0 Å². The molecule has 0 radical (unpaired) electrons. The van der Waals surface area contributed by atoms with Gasteiger partial charge in [0.2, 0.25) is 0 Å². The second-order valence-electron chi connectivity index (χ2n) is 9.69. The molecule has 0 aliphatic carbocycles. The van der Waals surface area contributed by atoms with Gasteiger partial charge in [-0.2, -0.15) is 0 Å². The van der Waals surface area contributed by atoms with Crippen LogP contribution in [0.15, 0.2) is 72.1 Å². The molecule has 1 fully saturated rings. The fourth-order valence-electron chi connectivity index (χ4n) is 4.91. The molecule has 2 heterocycles. The van der Waals surface area contributed by atoms with E-state index in [1.165, 1.54) is 33.2 Å². The van der Waals surface area contributed by atoms with Crippen LogP contribution in [-0.2, 0) is 13.1 Å². The third kappa shape index (κ3) is 6.55. The molecular formula is C30H34N4O2S. The normalized spacial score (nSPS) is 14.4. The van der Waals surface area contributed by atoms with E-state index in [0.29, 0.717) is 12.3 Å². The number of fused-ring (bicyclic) bond motifs is 1. The number of amides is 1. The number of nitrogens with zero attached hydrogens (tertiary/aromatic N) is 4. The molecule has 1 aliphatic heterocycles. The lowest BCUT2D eigenvalue weighted by atomic mass is 10.0. The zero-order valence-electron chi connectivity index (χ0n) is 21.6. The summed E-state index contributed by atoms with van der Waals surface area (Å²) in [6.07, 6.45) is 0. The lowest BCUT2D eigenvalue weighted by Gasteiger charge is -2.34. The summed E-state index contributed by atoms with van der Waals surface area (Å²) < 4.78 is 6.10. The predicted octanol–water partition coefficient (Wildman–Crippen LogP) is 5.07. The van der Waals surface area contributed by atoms with Crippen molar-refractivity contribution in [3.8, 4) is 5.75 Å². The van der Waals surface area contributed by atoms with Gasteiger partial charge in [-0.05, 0) is 48.0 Å². The molecule has 6 nitrogen and oxygen atoms in total. The average Bonchev–Trinajstić information content (AvgIpc) is 3.35. The van der Waals surface area contributed by atoms with Crippen molar-refractivity contribution in [3.63, 3.8) is 0 Å². The Morgan fingerprint density at radius 1 is 1.00 bits per heavy atom. The number of aromatic nitrogens is 1. The molecule has 37 heavy (non-hydrogen) atoms. The number of aryl methyl sites for hydroxylation is 1. The molecule has 5 rings (SSSR count). The Hall–Kier alpha value is -3.26. The molecule has 0 saturated carbocycles. The lowest BCUT2D eigenvalue weighted by Crippen LogP contribution is -2.49. The quantitative estimate of drug-likeness (QED) is 0.312. The Balaban J connectivity index is 1.07. The largest absolute Gasteiger partial charge is 0.492 e. The van der Waals surface area contributed by atoms with E-state index in [2.05, 4.69) is 82.5 Å². The molecule has 192 valence electrons. The van der Waals surface area contributed by atoms with Crippen LogP contribution in [0.5, 0.6) is 5.75 Å². The summed E-state index contributed by atoms with van der Waals surface area (Å²) in [5, 5.41) is 5.39. The first-order valence-electron chi connectivity index (χ1n) is 12.9. The molecule has 0 bridgehead atoms. The number of hydrogen-bond donors (Lipinski definition) is 0. The van der Waals surface area contributed by atoms with Gasteiger partial charge in [0.05, 0.1) is 5.01 Å². The summed E-state index contributed by atoms with van der Waals surface area (Å²) >= 11 is 1.52. The van der Waals surface area contributed by atoms with Crippen LogP contribution >= 0.6 is 11.3 Å². The lowest BCUT2D eigenvalue weighted by molar-refractivity contribution is 0.0615. The van der Waals surface area contributed by atoms with E-state index in [4.69, 9.17) is 4.74 Å². The second-order valence-corrected chi connectivity index (χ2v) is 10.8. The first-order chi connectivity index (χ1) is 18.0. The maximum absolute atomic E-state index is 12.6. The average molecular weight is 515 g/mol. The highest BCUT2D eigenvalue weighted by Gasteiger charge is 2.23. The fraction of sp³-hybridized carbons (Fsp3) is 0.333. The summed E-state index contributed by atoms with van der Waals surface area (Å²) in [5.74, 6) is 0.950. The predicted molar refractivity (Wildman–Crippen MR) is 150 cm³/mol. The Bertz CT molecular complexity index is 1340. The van der Waals surface area contributed by atoms with Crippen molar-refractivity contribution in [1.29, 1.82) is 0 Å². The van der Waals surface area contributed by atoms with E-state index in [1.54, 1.807) is 0 Å². The first-order valence-corrected chi connectivity index (χ1v) is 13.7. The number of carbonyl (C=O) groups excluding carboxylic acids is 1. The Kier molecular flexibility index (Phi) is 8.14. The molecule has 7 heteroatoms. The number of ether oxygens (including phenoxy) is 1. The van der Waals surface area contributed by atoms with Gasteiger partial charge < -0.3 is 9.64 Å². The van der Waals surface area contributed by atoms with Crippen LogP contribution in [0.2, 0.25) is 0 Å². The van der Waals surface area contributed by atoms with Gasteiger partial charge in [-0.15, -0.1) is 11.3 Å². The number of thiazole rings is 1. The highest BCUT2D eigenvalue weighted by atomic mass is 32.1. The van der Waals surface area contributed by atoms with E-state index in [9.17, 15) is 4.79 Å². The minimum atomic E-state index is 0.0440. The third-order valence-electron chi connectivity index (χ3n) is 6.85. The van der Waals surface area contributed by atoms with Crippen molar-refractivity contribution in [3.05, 3.63) is 93.9 Å². The zero-order valence-corrected chi connectivity index (χ0v) is 22.4. The SMILES string of the molecule is Cc1nc(C(=O)N2CCN(CCOc3cccc(CN(C)Cc4cccc5ccccc45)c3)CC2)cs1. The first kappa shape index (κ1) is 25.4. The zero-order chi connectivity index (χ0) is 25.6. The molecule has 1 aliphatic rings. The Morgan fingerprint density at radius 3 is 2.59 bits per heavy atom. The van der Waals surface area contributed by atoms with Crippen LogP contribution in [0, 0.1) is 6.92 Å². The Morgan fingerprint density at radius 2 is 1.78 bits per heavy atom. The van der Waals surface area contributed by atoms with Gasteiger partial charge in [-0.25, -0.2) is 4.98 Å². The molecule has 1 saturated heterocycles. The summed E-state index contributed by atoms with van der Waals surface area (Å²) in [7, 11) is 2.16. The second kappa shape index (κ2) is 11.9. The summed E-state index contributed by atoms with van der Waals surface area (Å²) in [6, 6.07) is 23.5. The minimum Gasteiger partial charge on any atom is -0.492 e. The standard InChI is InChI=1S/C30H34N4O2S/c1-23-31-29(22-37-23)30(35)34-15-13-33(14-16-34)17-18-36-27-11-5-7-24(19-27)20-32(2)21-26-10-6-9-25-8-3-4-12-28(25)26/h3-12,19,22H,13-18,20-21H2,1-2H3. The summed E-state index contributed by atoms with van der Waals surface area (Å²) in [4.78, 5) is 23.6. The van der Waals surface area contributed by atoms with E-state index in [0.717, 1.165) is 56.6 Å². The van der Waals surface area contributed by atoms with Crippen molar-refractivity contribution in [2.75, 3.05) is 46.4 Å². The van der Waals surface area contributed by atoms with Crippen LogP contribution < -0.4 is 4.74 Å². The number of hydrogen-bond acceptors (Lipinski definition) is 6. The van der Waals surface area contributed by atoms with Gasteiger partial charge in [0.15, 0.2) is 0 Å². The van der Waals surface area contributed by atoms with E-state index in [1.807, 2.05) is 23.3 Å². The smallest absolute Gasteiger partial charge is 0.273 e. The number of benzene rings is 3. The molecule has 0 atom stereocenters. The Labute approximate surface area is 223 Å².